The zero-order valence-electron chi connectivity index (χ0n) is 18.6. The van der Waals surface area contributed by atoms with Crippen LogP contribution in [0.4, 0.5) is 0 Å². The molecule has 0 fully saturated rings. The summed E-state index contributed by atoms with van der Waals surface area (Å²) in [6.45, 7) is 1.43. The molecular formula is C24H24N2O7. The Morgan fingerprint density at radius 3 is 2.09 bits per heavy atom. The fourth-order valence-electron chi connectivity index (χ4n) is 3.21. The largest absolute Gasteiger partial charge is 0.502 e. The third-order valence-electron chi connectivity index (χ3n) is 4.82. The molecule has 1 heterocycles. The van der Waals surface area contributed by atoms with Crippen molar-refractivity contribution in [3.63, 3.8) is 0 Å². The number of methoxy groups -OCH3 is 3. The number of phenols is 1. The smallest absolute Gasteiger partial charge is 0.231 e. The second-order valence-corrected chi connectivity index (χ2v) is 6.98. The number of hydrogen-bond acceptors (Lipinski definition) is 9. The van der Waals surface area contributed by atoms with Crippen molar-refractivity contribution < 1.29 is 33.3 Å². The topological polar surface area (TPSA) is 135 Å². The van der Waals surface area contributed by atoms with Gasteiger partial charge in [0.2, 0.25) is 17.4 Å². The Kier molecular flexibility index (Phi) is 7.14. The molecular weight excluding hydrogens is 428 g/mol. The van der Waals surface area contributed by atoms with Gasteiger partial charge in [0, 0.05) is 25.2 Å². The summed E-state index contributed by atoms with van der Waals surface area (Å²) in [6, 6.07) is 12.9. The van der Waals surface area contributed by atoms with Gasteiger partial charge < -0.3 is 28.5 Å². The Morgan fingerprint density at radius 2 is 1.58 bits per heavy atom. The monoisotopic (exact) mass is 452 g/mol. The van der Waals surface area contributed by atoms with Gasteiger partial charge >= 0.3 is 0 Å². The standard InChI is InChI=1S/C24H24N2O7/c1-13(25)32-24(26)15-7-5-14(6-8-15)23(31-4)22(28)18-10-9-17(33-18)16-11-19(29-2)21(27)20(12-16)30-3/h5-12,23,25-27H,1-4H3. The maximum absolute atomic E-state index is 13.1. The number of nitrogens with one attached hydrogen (secondary N) is 2. The summed E-state index contributed by atoms with van der Waals surface area (Å²) in [5.41, 5.74) is 1.58. The fourth-order valence-corrected chi connectivity index (χ4v) is 3.21. The third-order valence-corrected chi connectivity index (χ3v) is 4.82. The minimum absolute atomic E-state index is 0.0856. The van der Waals surface area contributed by atoms with Gasteiger partial charge in [-0.05, 0) is 42.0 Å². The van der Waals surface area contributed by atoms with E-state index in [4.69, 9.17) is 34.2 Å². The molecule has 2 aromatic carbocycles. The van der Waals surface area contributed by atoms with E-state index in [1.165, 1.54) is 28.3 Å². The Hall–Kier alpha value is -4.11. The molecule has 0 saturated heterocycles. The molecule has 1 aromatic heterocycles. The Labute approximate surface area is 190 Å². The highest BCUT2D eigenvalue weighted by Gasteiger charge is 2.25. The van der Waals surface area contributed by atoms with Crippen LogP contribution in [0.25, 0.3) is 11.3 Å². The highest BCUT2D eigenvalue weighted by Crippen LogP contribution is 2.40. The molecule has 0 aliphatic heterocycles. The van der Waals surface area contributed by atoms with Gasteiger partial charge in [-0.1, -0.05) is 12.1 Å². The van der Waals surface area contributed by atoms with E-state index in [0.717, 1.165) is 0 Å². The van der Waals surface area contributed by atoms with Crippen LogP contribution in [0.15, 0.2) is 52.9 Å². The second-order valence-electron chi connectivity index (χ2n) is 6.98. The van der Waals surface area contributed by atoms with Crippen LogP contribution >= 0.6 is 0 Å². The van der Waals surface area contributed by atoms with Crippen LogP contribution in [-0.4, -0.2) is 44.0 Å². The summed E-state index contributed by atoms with van der Waals surface area (Å²) in [6.07, 6.45) is -0.929. The van der Waals surface area contributed by atoms with E-state index in [0.29, 0.717) is 22.5 Å². The first-order chi connectivity index (χ1) is 15.8. The zero-order chi connectivity index (χ0) is 24.1. The molecule has 3 aromatic rings. The molecule has 3 rings (SSSR count). The van der Waals surface area contributed by atoms with Crippen LogP contribution in [0.1, 0.15) is 34.7 Å². The highest BCUT2D eigenvalue weighted by molar-refractivity contribution is 6.00. The first kappa shape index (κ1) is 23.6. The summed E-state index contributed by atoms with van der Waals surface area (Å²) in [5.74, 6) is 0.0959. The number of carbonyl (C=O) groups excluding carboxylic acids is 1. The summed E-state index contributed by atoms with van der Waals surface area (Å²) >= 11 is 0. The van der Waals surface area contributed by atoms with Gasteiger partial charge in [0.15, 0.2) is 23.2 Å². The summed E-state index contributed by atoms with van der Waals surface area (Å²) in [5, 5.41) is 25.3. The van der Waals surface area contributed by atoms with Crippen LogP contribution in [0, 0.1) is 10.8 Å². The van der Waals surface area contributed by atoms with Gasteiger partial charge in [-0.25, -0.2) is 0 Å². The number of ether oxygens (including phenoxy) is 4. The molecule has 9 heteroatoms. The summed E-state index contributed by atoms with van der Waals surface area (Å²) in [7, 11) is 4.26. The normalized spacial score (nSPS) is 11.5. The summed E-state index contributed by atoms with van der Waals surface area (Å²) in [4.78, 5) is 13.1. The van der Waals surface area contributed by atoms with Crippen molar-refractivity contribution in [2.45, 2.75) is 13.0 Å². The average molecular weight is 452 g/mol. The lowest BCUT2D eigenvalue weighted by Gasteiger charge is -2.14. The predicted molar refractivity (Wildman–Crippen MR) is 121 cm³/mol. The molecule has 33 heavy (non-hydrogen) atoms. The average Bonchev–Trinajstić information content (AvgIpc) is 3.30. The van der Waals surface area contributed by atoms with Crippen molar-refractivity contribution in [2.75, 3.05) is 21.3 Å². The quantitative estimate of drug-likeness (QED) is 0.259. The molecule has 3 N–H and O–H groups in total. The Morgan fingerprint density at radius 1 is 0.970 bits per heavy atom. The number of furan rings is 1. The fraction of sp³-hybridized carbons (Fsp3) is 0.208. The van der Waals surface area contributed by atoms with Crippen LogP contribution in [0.3, 0.4) is 0 Å². The van der Waals surface area contributed by atoms with Crippen LogP contribution in [0.5, 0.6) is 17.2 Å². The van der Waals surface area contributed by atoms with Crippen molar-refractivity contribution in [3.05, 3.63) is 65.4 Å². The molecule has 0 amide bonds. The first-order valence-electron chi connectivity index (χ1n) is 9.83. The molecule has 172 valence electrons. The molecule has 0 saturated carbocycles. The lowest BCUT2D eigenvalue weighted by molar-refractivity contribution is 0.0577. The lowest BCUT2D eigenvalue weighted by Crippen LogP contribution is -2.15. The van der Waals surface area contributed by atoms with Crippen molar-refractivity contribution in [1.29, 1.82) is 10.8 Å². The minimum atomic E-state index is -0.929. The van der Waals surface area contributed by atoms with E-state index in [-0.39, 0.29) is 34.8 Å². The third kappa shape index (κ3) is 5.04. The number of benzene rings is 2. The summed E-state index contributed by atoms with van der Waals surface area (Å²) < 4.78 is 26.5. The van der Waals surface area contributed by atoms with Crippen LogP contribution in [-0.2, 0) is 9.47 Å². The second kappa shape index (κ2) is 10.0. The van der Waals surface area contributed by atoms with Crippen molar-refractivity contribution in [2.24, 2.45) is 0 Å². The van der Waals surface area contributed by atoms with E-state index in [1.807, 2.05) is 0 Å². The van der Waals surface area contributed by atoms with E-state index in [1.54, 1.807) is 48.5 Å². The lowest BCUT2D eigenvalue weighted by atomic mass is 10.0. The van der Waals surface area contributed by atoms with Crippen molar-refractivity contribution >= 4 is 17.6 Å². The van der Waals surface area contributed by atoms with E-state index in [2.05, 4.69) is 0 Å². The van der Waals surface area contributed by atoms with Gasteiger partial charge in [-0.3, -0.25) is 15.6 Å². The molecule has 9 nitrogen and oxygen atoms in total. The number of ketones is 1. The SMILES string of the molecule is COc1cc(-c2ccc(C(=O)C(OC)c3ccc(C(=N)OC(C)=N)cc3)o2)cc(OC)c1O. The predicted octanol–water partition coefficient (Wildman–Crippen LogP) is 4.58. The number of hydrogen-bond donors (Lipinski definition) is 3. The minimum Gasteiger partial charge on any atom is -0.502 e. The van der Waals surface area contributed by atoms with E-state index >= 15 is 0 Å². The Bertz CT molecular complexity index is 1160. The molecule has 0 aliphatic carbocycles. The highest BCUT2D eigenvalue weighted by atomic mass is 16.5. The van der Waals surface area contributed by atoms with E-state index < -0.39 is 11.9 Å². The van der Waals surface area contributed by atoms with Gasteiger partial charge in [0.25, 0.3) is 0 Å². The molecule has 0 radical (unpaired) electrons. The molecule has 1 unspecified atom stereocenters. The number of Topliss-reactive ketones (excluding diaryl/α,β-unsaturated/α-hetero) is 1. The number of carbonyl (C=O) groups is 1. The van der Waals surface area contributed by atoms with E-state index in [9.17, 15) is 9.90 Å². The van der Waals surface area contributed by atoms with Crippen LogP contribution in [0.2, 0.25) is 0 Å². The van der Waals surface area contributed by atoms with Gasteiger partial charge in [-0.2, -0.15) is 0 Å². The van der Waals surface area contributed by atoms with Crippen molar-refractivity contribution in [1.82, 2.24) is 0 Å². The van der Waals surface area contributed by atoms with Crippen molar-refractivity contribution in [3.8, 4) is 28.6 Å². The van der Waals surface area contributed by atoms with Crippen LogP contribution < -0.4 is 9.47 Å². The molecule has 0 spiro atoms. The molecule has 1 atom stereocenters. The maximum atomic E-state index is 13.1. The van der Waals surface area contributed by atoms with Gasteiger partial charge in [0.05, 0.1) is 14.2 Å². The number of aromatic hydroxyl groups is 1. The zero-order valence-corrected chi connectivity index (χ0v) is 18.6. The molecule has 0 bridgehead atoms. The van der Waals surface area contributed by atoms with Gasteiger partial charge in [0.1, 0.15) is 11.9 Å². The first-order valence-corrected chi connectivity index (χ1v) is 9.83. The Balaban J connectivity index is 1.85. The van der Waals surface area contributed by atoms with Gasteiger partial charge in [-0.15, -0.1) is 0 Å². The maximum Gasteiger partial charge on any atom is 0.231 e. The number of rotatable bonds is 8. The molecule has 0 aliphatic rings. The number of phenolic OH excluding ortho intramolecular Hbond substituents is 1.